The van der Waals surface area contributed by atoms with Crippen LogP contribution in [-0.4, -0.2) is 63.9 Å². The molecule has 0 radical (unpaired) electrons. The summed E-state index contributed by atoms with van der Waals surface area (Å²) in [5.74, 6) is 0.458. The van der Waals surface area contributed by atoms with Gasteiger partial charge in [0, 0.05) is 20.3 Å². The van der Waals surface area contributed by atoms with Gasteiger partial charge >= 0.3 is 0 Å². The second-order valence-electron chi connectivity index (χ2n) is 7.23. The van der Waals surface area contributed by atoms with Gasteiger partial charge in [0.25, 0.3) is 0 Å². The summed E-state index contributed by atoms with van der Waals surface area (Å²) in [6.07, 6.45) is 8.68. The maximum absolute atomic E-state index is 10.8. The maximum atomic E-state index is 10.8. The van der Waals surface area contributed by atoms with Crippen LogP contribution in [0.15, 0.2) is 52.1 Å². The number of carbonyl (C=O) groups is 2. The van der Waals surface area contributed by atoms with Crippen molar-refractivity contribution in [3.63, 3.8) is 0 Å². The monoisotopic (exact) mass is 504 g/mol. The van der Waals surface area contributed by atoms with E-state index in [2.05, 4.69) is 52.8 Å². The predicted octanol–water partition coefficient (Wildman–Crippen LogP) is 3.41. The summed E-state index contributed by atoms with van der Waals surface area (Å²) in [5.41, 5.74) is 3.76. The number of nitrogens with zero attached hydrogens (tertiary/aromatic N) is 1. The number of thioether (sulfide) groups is 1. The van der Waals surface area contributed by atoms with E-state index in [1.165, 1.54) is 17.8 Å². The molecule has 8 nitrogen and oxygen atoms in total. The lowest BCUT2D eigenvalue weighted by molar-refractivity contribution is -0.109. The van der Waals surface area contributed by atoms with E-state index in [9.17, 15) is 9.59 Å². The molecule has 9 heteroatoms. The lowest BCUT2D eigenvalue weighted by Gasteiger charge is -2.15. The van der Waals surface area contributed by atoms with E-state index in [-0.39, 0.29) is 12.9 Å². The zero-order valence-electron chi connectivity index (χ0n) is 20.1. The summed E-state index contributed by atoms with van der Waals surface area (Å²) < 4.78 is 5.55. The summed E-state index contributed by atoms with van der Waals surface area (Å²) in [6, 6.07) is 8.06. The molecule has 2 aliphatic rings. The molecule has 2 heterocycles. The van der Waals surface area contributed by atoms with E-state index in [1.54, 1.807) is 6.08 Å². The highest BCUT2D eigenvalue weighted by molar-refractivity contribution is 8.03. The minimum atomic E-state index is -0.262. The largest absolute Gasteiger partial charge is 0.400 e. The van der Waals surface area contributed by atoms with Crippen molar-refractivity contribution in [2.24, 2.45) is 10.9 Å². The van der Waals surface area contributed by atoms with Gasteiger partial charge in [-0.1, -0.05) is 50.4 Å². The van der Waals surface area contributed by atoms with Crippen molar-refractivity contribution in [1.82, 2.24) is 16.0 Å². The Bertz CT molecular complexity index is 863. The molecule has 35 heavy (non-hydrogen) atoms. The summed E-state index contributed by atoms with van der Waals surface area (Å²) in [4.78, 5) is 25.5. The van der Waals surface area contributed by atoms with Gasteiger partial charge in [-0.25, -0.2) is 0 Å². The first-order chi connectivity index (χ1) is 16.6. The molecule has 1 saturated heterocycles. The first kappa shape index (κ1) is 32.3. The lowest BCUT2D eigenvalue weighted by atomic mass is 9.92. The SMILES string of the molecule is C.C=NC1=C(/C=C(\CC2CCOC2)c2cccc(/C=C/C=O)c2)NC(NC=O)S1.CCNC.CO. The third-order valence-corrected chi connectivity index (χ3v) is 6.00. The molecule has 2 unspecified atom stereocenters. The number of nitrogens with one attached hydrogen (secondary N) is 3. The Kier molecular flexibility index (Phi) is 18.1. The molecule has 0 bridgehead atoms. The van der Waals surface area contributed by atoms with Crippen LogP contribution in [0.25, 0.3) is 11.6 Å². The molecule has 3 rings (SSSR count). The molecule has 0 saturated carbocycles. The highest BCUT2D eigenvalue weighted by Gasteiger charge is 2.24. The van der Waals surface area contributed by atoms with Crippen molar-refractivity contribution in [1.29, 1.82) is 0 Å². The second kappa shape index (κ2) is 19.6. The highest BCUT2D eigenvalue weighted by Crippen LogP contribution is 2.34. The number of rotatable bonds is 10. The first-order valence-electron chi connectivity index (χ1n) is 11.1. The van der Waals surface area contributed by atoms with Crippen molar-refractivity contribution >= 4 is 42.8 Å². The topological polar surface area (TPSA) is 112 Å². The molecule has 0 spiro atoms. The van der Waals surface area contributed by atoms with Crippen molar-refractivity contribution in [2.45, 2.75) is 32.7 Å². The van der Waals surface area contributed by atoms with Gasteiger partial charge in [0.2, 0.25) is 6.41 Å². The molecule has 2 aliphatic heterocycles. The fraction of sp³-hybridized carbons (Fsp3) is 0.423. The zero-order chi connectivity index (χ0) is 25.2. The molecule has 1 aromatic carbocycles. The van der Waals surface area contributed by atoms with Crippen LogP contribution in [0.1, 0.15) is 38.3 Å². The average Bonchev–Trinajstić information content (AvgIpc) is 3.54. The van der Waals surface area contributed by atoms with Crippen LogP contribution in [0.2, 0.25) is 0 Å². The standard InChI is InChI=1S/C21H23N3O3S.C3H9N.CH4O.CH4/c1-22-20-19(24-21(28-20)23-14-26)12-18(11-16-7-9-27-13-16)17-6-2-4-15(10-17)5-3-8-25;1-3-4-2;1-2;/h2-6,8,10,12,14,16,21,24H,1,7,9,11,13H2,(H,23,26);4H,3H2,1-2H3;2H,1H3;1H4/b5-3+,18-12+;;;. The number of aldehydes is 1. The molecular formula is C26H40N4O4S. The molecule has 194 valence electrons. The van der Waals surface area contributed by atoms with Gasteiger partial charge in [0.1, 0.15) is 11.3 Å². The molecule has 1 amide bonds. The molecule has 1 aromatic rings. The van der Waals surface area contributed by atoms with Crippen LogP contribution in [0.4, 0.5) is 0 Å². The minimum Gasteiger partial charge on any atom is -0.400 e. The predicted molar refractivity (Wildman–Crippen MR) is 148 cm³/mol. The number of allylic oxidation sites excluding steroid dienone is 3. The smallest absolute Gasteiger partial charge is 0.209 e. The van der Waals surface area contributed by atoms with Crippen LogP contribution < -0.4 is 16.0 Å². The second-order valence-corrected chi connectivity index (χ2v) is 8.33. The fourth-order valence-electron chi connectivity index (χ4n) is 3.25. The van der Waals surface area contributed by atoms with Crippen molar-refractivity contribution in [3.05, 3.63) is 58.3 Å². The van der Waals surface area contributed by atoms with Gasteiger partial charge in [0.15, 0.2) is 5.50 Å². The Morgan fingerprint density at radius 1 is 1.37 bits per heavy atom. The van der Waals surface area contributed by atoms with Gasteiger partial charge in [-0.05, 0) is 74.0 Å². The Hall–Kier alpha value is -2.72. The van der Waals surface area contributed by atoms with Gasteiger partial charge in [-0.3, -0.25) is 14.6 Å². The average molecular weight is 505 g/mol. The first-order valence-corrected chi connectivity index (χ1v) is 12.0. The number of carbonyl (C=O) groups excluding carboxylic acids is 2. The molecule has 0 aromatic heterocycles. The van der Waals surface area contributed by atoms with Crippen LogP contribution in [0, 0.1) is 5.92 Å². The van der Waals surface area contributed by atoms with Crippen LogP contribution in [0.3, 0.4) is 0 Å². The Morgan fingerprint density at radius 3 is 2.69 bits per heavy atom. The fourth-order valence-corrected chi connectivity index (χ4v) is 4.11. The van der Waals surface area contributed by atoms with Crippen molar-refractivity contribution in [2.75, 3.05) is 33.9 Å². The Labute approximate surface area is 214 Å². The number of hydrogen-bond acceptors (Lipinski definition) is 8. The maximum Gasteiger partial charge on any atom is 0.209 e. The lowest BCUT2D eigenvalue weighted by Crippen LogP contribution is -2.34. The van der Waals surface area contributed by atoms with Crippen LogP contribution >= 0.6 is 11.8 Å². The molecular weight excluding hydrogens is 464 g/mol. The number of ether oxygens (including phenoxy) is 1. The molecule has 4 N–H and O–H groups in total. The van der Waals surface area contributed by atoms with Gasteiger partial charge in [-0.2, -0.15) is 0 Å². The van der Waals surface area contributed by atoms with E-state index in [0.29, 0.717) is 12.3 Å². The van der Waals surface area contributed by atoms with E-state index in [0.717, 1.165) is 73.4 Å². The van der Waals surface area contributed by atoms with E-state index >= 15 is 0 Å². The molecule has 0 aliphatic carbocycles. The molecule has 1 fully saturated rings. The number of amides is 1. The molecule has 2 atom stereocenters. The summed E-state index contributed by atoms with van der Waals surface area (Å²) in [5, 5.41) is 16.7. The van der Waals surface area contributed by atoms with Crippen molar-refractivity contribution < 1.29 is 19.4 Å². The van der Waals surface area contributed by atoms with E-state index in [1.807, 2.05) is 19.2 Å². The highest BCUT2D eigenvalue weighted by atomic mass is 32.2. The van der Waals surface area contributed by atoms with Crippen LogP contribution in [-0.2, 0) is 14.3 Å². The Morgan fingerprint density at radius 2 is 2.11 bits per heavy atom. The number of aliphatic hydroxyl groups is 1. The van der Waals surface area contributed by atoms with E-state index in [4.69, 9.17) is 9.84 Å². The number of aliphatic imine (C=N–C) groups is 1. The third-order valence-electron chi connectivity index (χ3n) is 4.94. The number of aliphatic hydroxyl groups excluding tert-OH is 1. The van der Waals surface area contributed by atoms with Gasteiger partial charge in [0.05, 0.1) is 5.70 Å². The van der Waals surface area contributed by atoms with Gasteiger partial charge in [-0.15, -0.1) is 0 Å². The van der Waals surface area contributed by atoms with Crippen molar-refractivity contribution in [3.8, 4) is 0 Å². The van der Waals surface area contributed by atoms with Crippen LogP contribution in [0.5, 0.6) is 0 Å². The minimum absolute atomic E-state index is 0. The quantitative estimate of drug-likeness (QED) is 0.219. The Balaban J connectivity index is 0.00000150. The number of benzene rings is 1. The number of hydrogen-bond donors (Lipinski definition) is 4. The summed E-state index contributed by atoms with van der Waals surface area (Å²) >= 11 is 1.42. The third kappa shape index (κ3) is 11.5. The summed E-state index contributed by atoms with van der Waals surface area (Å²) in [7, 11) is 2.93. The van der Waals surface area contributed by atoms with Gasteiger partial charge < -0.3 is 25.8 Å². The zero-order valence-corrected chi connectivity index (χ0v) is 20.9. The normalized spacial score (nSPS) is 18.9. The summed E-state index contributed by atoms with van der Waals surface area (Å²) in [6.45, 7) is 8.33. The van der Waals surface area contributed by atoms with E-state index < -0.39 is 0 Å².